The average Bonchev–Trinajstić information content (AvgIpc) is 2.48. The topological polar surface area (TPSA) is 71.3 Å². The summed E-state index contributed by atoms with van der Waals surface area (Å²) in [7, 11) is -4.25. The molecule has 1 aromatic heterocycles. The second-order valence-electron chi connectivity index (χ2n) is 4.02. The molecule has 0 aliphatic heterocycles. The quantitative estimate of drug-likeness (QED) is 0.644. The lowest BCUT2D eigenvalue weighted by atomic mass is 10.2. The van der Waals surface area contributed by atoms with Crippen LogP contribution in [0.2, 0.25) is 0 Å². The zero-order valence-corrected chi connectivity index (χ0v) is 11.4. The van der Waals surface area contributed by atoms with Crippen molar-refractivity contribution in [3.05, 3.63) is 72.9 Å². The Balaban J connectivity index is 0.000000147. The smallest absolute Gasteiger partial charge is 0.210 e. The van der Waals surface area contributed by atoms with E-state index >= 15 is 0 Å². The normalized spacial score (nSPS) is 10.7. The van der Waals surface area contributed by atoms with Crippen LogP contribution >= 0.6 is 0 Å². The number of benzene rings is 2. The third kappa shape index (κ3) is 3.88. The van der Waals surface area contributed by atoms with Crippen molar-refractivity contribution in [2.24, 2.45) is 0 Å². The predicted molar refractivity (Wildman–Crippen MR) is 74.9 cm³/mol. The largest absolute Gasteiger partial charge is 0.744 e. The Bertz CT molecular complexity index is 721. The van der Waals surface area contributed by atoms with Crippen molar-refractivity contribution in [1.82, 2.24) is 0 Å². The number of hydrogen-bond acceptors (Lipinski definition) is 3. The molecular weight excluding hydrogens is 274 g/mol. The van der Waals surface area contributed by atoms with Crippen molar-refractivity contribution >= 4 is 21.0 Å². The maximum atomic E-state index is 10.3. The average molecular weight is 287 g/mol. The molecule has 4 nitrogen and oxygen atoms in total. The molecule has 0 atom stereocenters. The minimum Gasteiger partial charge on any atom is -0.744 e. The zero-order chi connectivity index (χ0) is 14.4. The second kappa shape index (κ2) is 6.27. The fourth-order valence-corrected chi connectivity index (χ4v) is 2.14. The molecule has 5 heteroatoms. The lowest BCUT2D eigenvalue weighted by molar-refractivity contribution is -0.344. The number of rotatable bonds is 1. The summed E-state index contributed by atoms with van der Waals surface area (Å²) in [6, 6.07) is 19.5. The van der Waals surface area contributed by atoms with Crippen LogP contribution in [0.4, 0.5) is 0 Å². The summed E-state index contributed by atoms with van der Waals surface area (Å²) in [5.41, 5.74) is 1.19. The lowest BCUT2D eigenvalue weighted by Gasteiger charge is -2.04. The summed E-state index contributed by atoms with van der Waals surface area (Å²) in [4.78, 5) is 2.97. The number of nitrogens with one attached hydrogen (secondary N) is 1. The van der Waals surface area contributed by atoms with E-state index in [9.17, 15) is 13.0 Å². The van der Waals surface area contributed by atoms with E-state index in [0.717, 1.165) is 0 Å². The van der Waals surface area contributed by atoms with E-state index in [2.05, 4.69) is 23.2 Å². The van der Waals surface area contributed by atoms with Crippen LogP contribution in [0.5, 0.6) is 0 Å². The minimum absolute atomic E-state index is 0.185. The molecule has 20 heavy (non-hydrogen) atoms. The zero-order valence-electron chi connectivity index (χ0n) is 10.6. The third-order valence-corrected chi connectivity index (χ3v) is 3.45. The van der Waals surface area contributed by atoms with Gasteiger partial charge in [0.15, 0.2) is 6.20 Å². The lowest BCUT2D eigenvalue weighted by Crippen LogP contribution is -1.99. The second-order valence-corrected chi connectivity index (χ2v) is 5.40. The molecule has 0 amide bonds. The number of aromatic amines is 1. The van der Waals surface area contributed by atoms with E-state index < -0.39 is 10.1 Å². The molecule has 0 radical (unpaired) electrons. The fourth-order valence-electron chi connectivity index (χ4n) is 1.65. The Morgan fingerprint density at radius 3 is 2.00 bits per heavy atom. The Morgan fingerprint density at radius 2 is 1.40 bits per heavy atom. The van der Waals surface area contributed by atoms with Crippen LogP contribution in [0.25, 0.3) is 10.9 Å². The first kappa shape index (κ1) is 14.2. The standard InChI is InChI=1S/C9H7N.C6H6O3S/c1-2-6-9-8(4-1)5-3-7-10-9;7-10(8,9)6-4-2-1-3-5-6/h1-7H;1-5H,(H,7,8,9). The number of aromatic nitrogens is 1. The number of hydrogen-bond donors (Lipinski definition) is 0. The molecular formula is C15H13NO3S. The highest BCUT2D eigenvalue weighted by molar-refractivity contribution is 7.85. The van der Waals surface area contributed by atoms with Gasteiger partial charge < -0.3 is 4.55 Å². The first-order valence-corrected chi connectivity index (χ1v) is 7.34. The minimum atomic E-state index is -4.25. The van der Waals surface area contributed by atoms with E-state index in [-0.39, 0.29) is 4.90 Å². The molecule has 0 aliphatic carbocycles. The summed E-state index contributed by atoms with van der Waals surface area (Å²) < 4.78 is 30.8. The van der Waals surface area contributed by atoms with Gasteiger partial charge in [-0.15, -0.1) is 0 Å². The molecule has 0 aliphatic rings. The first-order valence-electron chi connectivity index (χ1n) is 5.94. The molecule has 0 bridgehead atoms. The number of H-pyrrole nitrogens is 1. The monoisotopic (exact) mass is 287 g/mol. The van der Waals surface area contributed by atoms with Crippen LogP contribution in [0, 0.1) is 0 Å². The van der Waals surface area contributed by atoms with Crippen LogP contribution in [0.3, 0.4) is 0 Å². The van der Waals surface area contributed by atoms with Gasteiger partial charge in [0.2, 0.25) is 5.52 Å². The first-order chi connectivity index (χ1) is 9.57. The van der Waals surface area contributed by atoms with Crippen molar-refractivity contribution < 1.29 is 18.0 Å². The molecule has 0 unspecified atom stereocenters. The van der Waals surface area contributed by atoms with Crippen molar-refractivity contribution in [2.75, 3.05) is 0 Å². The molecule has 3 aromatic rings. The van der Waals surface area contributed by atoms with E-state index in [4.69, 9.17) is 0 Å². The Hall–Kier alpha value is -2.24. The molecule has 0 spiro atoms. The van der Waals surface area contributed by atoms with Crippen LogP contribution in [-0.4, -0.2) is 13.0 Å². The Morgan fingerprint density at radius 1 is 0.800 bits per heavy atom. The van der Waals surface area contributed by atoms with Gasteiger partial charge in [-0.25, -0.2) is 13.4 Å². The number of fused-ring (bicyclic) bond motifs is 1. The van der Waals surface area contributed by atoms with Crippen LogP contribution in [0.15, 0.2) is 77.8 Å². The van der Waals surface area contributed by atoms with Crippen molar-refractivity contribution in [2.45, 2.75) is 4.90 Å². The van der Waals surface area contributed by atoms with Gasteiger partial charge >= 0.3 is 0 Å². The van der Waals surface area contributed by atoms with Gasteiger partial charge in [0.25, 0.3) is 0 Å². The molecule has 3 rings (SSSR count). The van der Waals surface area contributed by atoms with Crippen LogP contribution in [0.1, 0.15) is 0 Å². The van der Waals surface area contributed by atoms with Gasteiger partial charge in [0.1, 0.15) is 10.1 Å². The Kier molecular flexibility index (Phi) is 4.45. The molecule has 1 heterocycles. The van der Waals surface area contributed by atoms with Gasteiger partial charge in [-0.2, -0.15) is 0 Å². The number of pyridine rings is 1. The molecule has 0 saturated carbocycles. The SMILES string of the molecule is O=S(=O)([O-])c1ccccc1.c1ccc2[nH+]cccc2c1. The summed E-state index contributed by atoms with van der Waals surface area (Å²) in [5.74, 6) is 0. The van der Waals surface area contributed by atoms with Crippen LogP contribution in [-0.2, 0) is 10.1 Å². The summed E-state index contributed by atoms with van der Waals surface area (Å²) >= 11 is 0. The van der Waals surface area contributed by atoms with Gasteiger partial charge in [-0.05, 0) is 24.3 Å². The molecule has 102 valence electrons. The molecule has 2 aromatic carbocycles. The maximum Gasteiger partial charge on any atom is 0.210 e. The van der Waals surface area contributed by atoms with Crippen molar-refractivity contribution in [3.63, 3.8) is 0 Å². The van der Waals surface area contributed by atoms with Gasteiger partial charge in [-0.3, -0.25) is 0 Å². The van der Waals surface area contributed by atoms with Crippen LogP contribution < -0.4 is 4.98 Å². The van der Waals surface area contributed by atoms with Gasteiger partial charge in [0, 0.05) is 17.5 Å². The highest BCUT2D eigenvalue weighted by Crippen LogP contribution is 2.05. The molecule has 1 N–H and O–H groups in total. The highest BCUT2D eigenvalue weighted by atomic mass is 32.2. The molecule has 0 fully saturated rings. The van der Waals surface area contributed by atoms with E-state index in [1.807, 2.05) is 24.4 Å². The fraction of sp³-hybridized carbons (Fsp3) is 0. The summed E-state index contributed by atoms with van der Waals surface area (Å²) in [6.07, 6.45) is 1.93. The van der Waals surface area contributed by atoms with Gasteiger partial charge in [0.05, 0.1) is 4.90 Å². The Labute approximate surface area is 117 Å². The maximum absolute atomic E-state index is 10.3. The van der Waals surface area contributed by atoms with E-state index in [1.54, 1.807) is 6.07 Å². The van der Waals surface area contributed by atoms with Crippen molar-refractivity contribution in [3.8, 4) is 0 Å². The summed E-state index contributed by atoms with van der Waals surface area (Å²) in [6.45, 7) is 0. The third-order valence-electron chi connectivity index (χ3n) is 2.60. The summed E-state index contributed by atoms with van der Waals surface area (Å²) in [5, 5.41) is 1.25. The highest BCUT2D eigenvalue weighted by Gasteiger charge is 1.96. The molecule has 0 saturated heterocycles. The van der Waals surface area contributed by atoms with Gasteiger partial charge in [-0.1, -0.05) is 30.3 Å². The predicted octanol–water partition coefficient (Wildman–Crippen LogP) is 2.24. The van der Waals surface area contributed by atoms with Crippen molar-refractivity contribution in [1.29, 1.82) is 0 Å². The number of para-hydroxylation sites is 1. The van der Waals surface area contributed by atoms with E-state index in [1.165, 1.54) is 35.2 Å². The van der Waals surface area contributed by atoms with E-state index in [0.29, 0.717) is 0 Å².